The molecule has 0 atom stereocenters. The van der Waals surface area contributed by atoms with Gasteiger partial charge in [0, 0.05) is 17.1 Å². The van der Waals surface area contributed by atoms with Gasteiger partial charge in [-0.15, -0.1) is 0 Å². The van der Waals surface area contributed by atoms with Gasteiger partial charge in [-0.25, -0.2) is 0 Å². The summed E-state index contributed by atoms with van der Waals surface area (Å²) in [6, 6.07) is 7.14. The second kappa shape index (κ2) is 14.1. The molecule has 1 N–H and O–H groups in total. The van der Waals surface area contributed by atoms with E-state index in [1.165, 1.54) is 81.0 Å². The van der Waals surface area contributed by atoms with Gasteiger partial charge < -0.3 is 14.7 Å². The van der Waals surface area contributed by atoms with Crippen molar-refractivity contribution in [3.8, 4) is 5.75 Å². The third kappa shape index (κ3) is 8.83. The zero-order chi connectivity index (χ0) is 23.6. The largest absolute Gasteiger partial charge is 0.491 e. The third-order valence-corrected chi connectivity index (χ3v) is 8.59. The molecule has 0 unspecified atom stereocenters. The summed E-state index contributed by atoms with van der Waals surface area (Å²) in [6.45, 7) is 12.4. The van der Waals surface area contributed by atoms with Crippen LogP contribution in [0.5, 0.6) is 5.75 Å². The van der Waals surface area contributed by atoms with E-state index < -0.39 is 0 Å². The molecule has 33 heavy (non-hydrogen) atoms. The van der Waals surface area contributed by atoms with E-state index in [4.69, 9.17) is 4.74 Å². The molecule has 1 aromatic rings. The predicted molar refractivity (Wildman–Crippen MR) is 142 cm³/mol. The van der Waals surface area contributed by atoms with E-state index in [2.05, 4.69) is 64.7 Å². The molecule has 1 aliphatic carbocycles. The smallest absolute Gasteiger partial charge is 0.120 e. The fourth-order valence-corrected chi connectivity index (χ4v) is 6.32. The van der Waals surface area contributed by atoms with Crippen molar-refractivity contribution in [1.29, 1.82) is 0 Å². The zero-order valence-electron chi connectivity index (χ0n) is 21.3. The van der Waals surface area contributed by atoms with Gasteiger partial charge in [0.25, 0.3) is 0 Å². The second-order valence-electron chi connectivity index (χ2n) is 10.6. The minimum absolute atomic E-state index is 0.217. The molecule has 188 valence electrons. The number of aliphatic hydroxyl groups is 1. The average molecular weight is 524 g/mol. The first-order valence-corrected chi connectivity index (χ1v) is 14.3. The maximum absolute atomic E-state index is 9.28. The van der Waals surface area contributed by atoms with Crippen molar-refractivity contribution in [2.45, 2.75) is 90.7 Å². The molecule has 5 heteroatoms. The molecular weight excluding hydrogens is 476 g/mol. The number of likely N-dealkylation sites (N-methyl/N-ethyl adjacent to an activating group) is 1. The van der Waals surface area contributed by atoms with E-state index >= 15 is 0 Å². The molecular formula is C28H47BrN2O2. The van der Waals surface area contributed by atoms with E-state index in [-0.39, 0.29) is 6.10 Å². The van der Waals surface area contributed by atoms with Gasteiger partial charge in [-0.05, 0) is 133 Å². The molecule has 0 aromatic heterocycles. The first-order chi connectivity index (χ1) is 16.0. The molecule has 0 bridgehead atoms. The van der Waals surface area contributed by atoms with Gasteiger partial charge >= 0.3 is 0 Å². The number of piperidine rings is 1. The Labute approximate surface area is 211 Å². The number of likely N-dealkylation sites (tertiary alicyclic amines) is 1. The lowest BCUT2D eigenvalue weighted by Crippen LogP contribution is -2.39. The van der Waals surface area contributed by atoms with Crippen LogP contribution in [0.2, 0.25) is 0 Å². The quantitative estimate of drug-likeness (QED) is 0.357. The Morgan fingerprint density at radius 2 is 1.82 bits per heavy atom. The van der Waals surface area contributed by atoms with Crippen molar-refractivity contribution in [1.82, 2.24) is 9.80 Å². The molecule has 2 aliphatic rings. The van der Waals surface area contributed by atoms with Crippen molar-refractivity contribution in [2.75, 3.05) is 39.3 Å². The molecule has 3 rings (SSSR count). The standard InChI is InChI=1S/C28H47BrN2O2/c1-4-31(18-19-32)26-9-7-23(8-10-26)6-5-15-30-16-13-24(14-17-30)20-25-21-27(33-22(2)3)11-12-28(25)29/h11-12,21-24,26,32H,4-10,13-20H2,1-3H3. The molecule has 0 radical (unpaired) electrons. The highest BCUT2D eigenvalue weighted by Crippen LogP contribution is 2.32. The highest BCUT2D eigenvalue weighted by atomic mass is 79.9. The maximum atomic E-state index is 9.28. The summed E-state index contributed by atoms with van der Waals surface area (Å²) in [5.74, 6) is 2.69. The Hall–Kier alpha value is -0.620. The van der Waals surface area contributed by atoms with Crippen LogP contribution in [0.3, 0.4) is 0 Å². The molecule has 2 fully saturated rings. The van der Waals surface area contributed by atoms with E-state index in [9.17, 15) is 5.11 Å². The first-order valence-electron chi connectivity index (χ1n) is 13.5. The molecule has 1 saturated carbocycles. The van der Waals surface area contributed by atoms with Crippen molar-refractivity contribution >= 4 is 15.9 Å². The molecule has 1 heterocycles. The van der Waals surface area contributed by atoms with Gasteiger partial charge in [0.1, 0.15) is 5.75 Å². The molecule has 1 saturated heterocycles. The number of hydrogen-bond acceptors (Lipinski definition) is 4. The Kier molecular flexibility index (Phi) is 11.5. The van der Waals surface area contributed by atoms with Crippen LogP contribution in [0, 0.1) is 11.8 Å². The summed E-state index contributed by atoms with van der Waals surface area (Å²) >= 11 is 3.75. The lowest BCUT2D eigenvalue weighted by atomic mass is 9.82. The van der Waals surface area contributed by atoms with Crippen LogP contribution in [0.4, 0.5) is 0 Å². The minimum atomic E-state index is 0.217. The average Bonchev–Trinajstić information content (AvgIpc) is 2.81. The number of nitrogens with zero attached hydrogens (tertiary/aromatic N) is 2. The molecule has 0 amide bonds. The van der Waals surface area contributed by atoms with Crippen LogP contribution >= 0.6 is 15.9 Å². The van der Waals surface area contributed by atoms with Crippen LogP contribution < -0.4 is 4.74 Å². The van der Waals surface area contributed by atoms with Gasteiger partial charge in [-0.3, -0.25) is 4.90 Å². The van der Waals surface area contributed by atoms with E-state index in [1.807, 2.05) is 0 Å². The van der Waals surface area contributed by atoms with Crippen LogP contribution in [0.1, 0.15) is 77.7 Å². The van der Waals surface area contributed by atoms with Crippen LogP contribution in [0.15, 0.2) is 22.7 Å². The summed E-state index contributed by atoms with van der Waals surface area (Å²) in [7, 11) is 0. The lowest BCUT2D eigenvalue weighted by Gasteiger charge is -2.36. The minimum Gasteiger partial charge on any atom is -0.491 e. The summed E-state index contributed by atoms with van der Waals surface area (Å²) in [6.07, 6.45) is 12.1. The highest BCUT2D eigenvalue weighted by Gasteiger charge is 2.25. The Balaban J connectivity index is 1.32. The molecule has 1 aromatic carbocycles. The summed E-state index contributed by atoms with van der Waals surface area (Å²) in [5.41, 5.74) is 1.39. The lowest BCUT2D eigenvalue weighted by molar-refractivity contribution is 0.112. The van der Waals surface area contributed by atoms with Crippen molar-refractivity contribution in [3.05, 3.63) is 28.2 Å². The Morgan fingerprint density at radius 3 is 2.45 bits per heavy atom. The van der Waals surface area contributed by atoms with Gasteiger partial charge in [-0.1, -0.05) is 22.9 Å². The monoisotopic (exact) mass is 522 g/mol. The third-order valence-electron chi connectivity index (χ3n) is 7.82. The maximum Gasteiger partial charge on any atom is 0.120 e. The molecule has 1 aliphatic heterocycles. The molecule has 0 spiro atoms. The van der Waals surface area contributed by atoms with Crippen LogP contribution in [-0.2, 0) is 6.42 Å². The van der Waals surface area contributed by atoms with Gasteiger partial charge in [0.05, 0.1) is 12.7 Å². The summed E-state index contributed by atoms with van der Waals surface area (Å²) in [4.78, 5) is 5.18. The van der Waals surface area contributed by atoms with E-state index in [1.54, 1.807) is 0 Å². The van der Waals surface area contributed by atoms with E-state index in [0.717, 1.165) is 37.1 Å². The predicted octanol–water partition coefficient (Wildman–Crippen LogP) is 6.14. The number of rotatable bonds is 12. The normalized spacial score (nSPS) is 22.9. The van der Waals surface area contributed by atoms with Gasteiger partial charge in [-0.2, -0.15) is 0 Å². The van der Waals surface area contributed by atoms with Crippen molar-refractivity contribution in [3.63, 3.8) is 0 Å². The number of aliphatic hydroxyl groups excluding tert-OH is 1. The van der Waals surface area contributed by atoms with Gasteiger partial charge in [0.2, 0.25) is 0 Å². The SMILES string of the molecule is CCN(CCO)C1CCC(CCCN2CCC(Cc3cc(OC(C)C)ccc3Br)CC2)CC1. The second-order valence-corrected chi connectivity index (χ2v) is 11.4. The topological polar surface area (TPSA) is 35.9 Å². The fourth-order valence-electron chi connectivity index (χ4n) is 5.91. The number of hydrogen-bond donors (Lipinski definition) is 1. The zero-order valence-corrected chi connectivity index (χ0v) is 22.9. The first kappa shape index (κ1) is 27.0. The Morgan fingerprint density at radius 1 is 1.09 bits per heavy atom. The number of benzene rings is 1. The van der Waals surface area contributed by atoms with Gasteiger partial charge in [0.15, 0.2) is 0 Å². The fraction of sp³-hybridized carbons (Fsp3) is 0.786. The molecule has 4 nitrogen and oxygen atoms in total. The van der Waals surface area contributed by atoms with Crippen molar-refractivity contribution < 1.29 is 9.84 Å². The summed E-state index contributed by atoms with van der Waals surface area (Å²) < 4.78 is 7.12. The number of ether oxygens (including phenoxy) is 1. The number of halogens is 1. The van der Waals surface area contributed by atoms with Crippen LogP contribution in [0.25, 0.3) is 0 Å². The highest BCUT2D eigenvalue weighted by molar-refractivity contribution is 9.10. The van der Waals surface area contributed by atoms with E-state index in [0.29, 0.717) is 12.6 Å². The van der Waals surface area contributed by atoms with Crippen molar-refractivity contribution in [2.24, 2.45) is 11.8 Å². The summed E-state index contributed by atoms with van der Waals surface area (Å²) in [5, 5.41) is 9.28. The van der Waals surface area contributed by atoms with Crippen LogP contribution in [-0.4, -0.2) is 66.4 Å². The Bertz CT molecular complexity index is 682.